The lowest BCUT2D eigenvalue weighted by molar-refractivity contribution is 0.0224. The second-order valence-electron chi connectivity index (χ2n) is 6.14. The summed E-state index contributed by atoms with van der Waals surface area (Å²) in [5.41, 5.74) is 6.01. The number of hydrogen-bond donors (Lipinski definition) is 1. The summed E-state index contributed by atoms with van der Waals surface area (Å²) in [6.07, 6.45) is 4.74. The van der Waals surface area contributed by atoms with Gasteiger partial charge in [0.25, 0.3) is 0 Å². The van der Waals surface area contributed by atoms with E-state index in [-0.39, 0.29) is 11.3 Å². The summed E-state index contributed by atoms with van der Waals surface area (Å²) in [6.45, 7) is 5.73. The van der Waals surface area contributed by atoms with Crippen LogP contribution in [0.25, 0.3) is 0 Å². The lowest BCUT2D eigenvalue weighted by Crippen LogP contribution is -2.59. The minimum absolute atomic E-state index is 0.0167. The Morgan fingerprint density at radius 3 is 2.44 bits per heavy atom. The highest BCUT2D eigenvalue weighted by Crippen LogP contribution is 2.39. The van der Waals surface area contributed by atoms with E-state index in [9.17, 15) is 8.42 Å². The first-order valence-corrected chi connectivity index (χ1v) is 8.86. The number of nitrogens with two attached hydrogens (primary N) is 1. The van der Waals surface area contributed by atoms with Gasteiger partial charge in [-0.1, -0.05) is 13.8 Å². The fourth-order valence-corrected chi connectivity index (χ4v) is 3.84. The van der Waals surface area contributed by atoms with E-state index in [1.54, 1.807) is 0 Å². The van der Waals surface area contributed by atoms with Gasteiger partial charge in [-0.25, -0.2) is 8.42 Å². The molecule has 0 radical (unpaired) electrons. The van der Waals surface area contributed by atoms with Gasteiger partial charge < -0.3 is 5.73 Å². The van der Waals surface area contributed by atoms with Gasteiger partial charge in [-0.3, -0.25) is 4.90 Å². The van der Waals surface area contributed by atoms with Crippen LogP contribution < -0.4 is 5.73 Å². The first-order valence-electron chi connectivity index (χ1n) is 6.80. The molecule has 1 saturated carbocycles. The van der Waals surface area contributed by atoms with Gasteiger partial charge in [0.2, 0.25) is 0 Å². The molecule has 18 heavy (non-hydrogen) atoms. The number of sulfone groups is 1. The topological polar surface area (TPSA) is 63.4 Å². The second kappa shape index (κ2) is 5.88. The Morgan fingerprint density at radius 2 is 2.00 bits per heavy atom. The Morgan fingerprint density at radius 1 is 1.39 bits per heavy atom. The third-order valence-electron chi connectivity index (χ3n) is 4.65. The third kappa shape index (κ3) is 3.68. The van der Waals surface area contributed by atoms with Gasteiger partial charge >= 0.3 is 0 Å². The van der Waals surface area contributed by atoms with E-state index in [2.05, 4.69) is 18.7 Å². The highest BCUT2D eigenvalue weighted by Gasteiger charge is 2.42. The van der Waals surface area contributed by atoms with E-state index in [1.165, 1.54) is 19.1 Å². The quantitative estimate of drug-likeness (QED) is 0.817. The van der Waals surface area contributed by atoms with Crippen LogP contribution in [0, 0.1) is 11.8 Å². The number of hydrogen-bond acceptors (Lipinski definition) is 4. The highest BCUT2D eigenvalue weighted by atomic mass is 32.2. The van der Waals surface area contributed by atoms with Gasteiger partial charge in [0.1, 0.15) is 9.84 Å². The summed E-state index contributed by atoms with van der Waals surface area (Å²) < 4.78 is 22.6. The van der Waals surface area contributed by atoms with Crippen LogP contribution in [0.5, 0.6) is 0 Å². The van der Waals surface area contributed by atoms with Crippen LogP contribution >= 0.6 is 0 Å². The van der Waals surface area contributed by atoms with Crippen LogP contribution in [0.2, 0.25) is 0 Å². The average molecular weight is 276 g/mol. The molecule has 0 saturated heterocycles. The van der Waals surface area contributed by atoms with Crippen LogP contribution in [0.1, 0.15) is 33.1 Å². The zero-order valence-electron chi connectivity index (χ0n) is 12.1. The second-order valence-corrected chi connectivity index (χ2v) is 8.40. The Balaban J connectivity index is 2.74. The van der Waals surface area contributed by atoms with Crippen LogP contribution in [0.4, 0.5) is 0 Å². The molecule has 1 aliphatic carbocycles. The van der Waals surface area contributed by atoms with Gasteiger partial charge in [-0.2, -0.15) is 0 Å². The molecule has 1 aliphatic rings. The van der Waals surface area contributed by atoms with Crippen molar-refractivity contribution < 1.29 is 8.42 Å². The van der Waals surface area contributed by atoms with E-state index < -0.39 is 9.84 Å². The molecule has 3 atom stereocenters. The monoisotopic (exact) mass is 276 g/mol. The van der Waals surface area contributed by atoms with E-state index >= 15 is 0 Å². The first-order chi connectivity index (χ1) is 8.21. The van der Waals surface area contributed by atoms with Crippen molar-refractivity contribution in [2.45, 2.75) is 38.6 Å². The average Bonchev–Trinajstić information content (AvgIpc) is 2.26. The maximum absolute atomic E-state index is 11.3. The molecule has 108 valence electrons. The predicted molar refractivity (Wildman–Crippen MR) is 76.3 cm³/mol. The van der Waals surface area contributed by atoms with Crippen molar-refractivity contribution >= 4 is 9.84 Å². The molecule has 0 spiro atoms. The lowest BCUT2D eigenvalue weighted by Gasteiger charge is -2.50. The summed E-state index contributed by atoms with van der Waals surface area (Å²) in [7, 11) is -0.885. The molecule has 0 aromatic heterocycles. The Kier molecular flexibility index (Phi) is 5.21. The number of rotatable bonds is 5. The smallest absolute Gasteiger partial charge is 0.148 e. The zero-order valence-corrected chi connectivity index (χ0v) is 13.0. The third-order valence-corrected chi connectivity index (χ3v) is 5.58. The summed E-state index contributed by atoms with van der Waals surface area (Å²) in [5.74, 6) is 1.49. The Bertz CT molecular complexity index is 369. The number of nitrogens with zero attached hydrogens (tertiary/aromatic N) is 1. The maximum atomic E-state index is 11.3. The molecule has 0 heterocycles. The van der Waals surface area contributed by atoms with Crippen molar-refractivity contribution in [3.8, 4) is 0 Å². The predicted octanol–water partition coefficient (Wildman–Crippen LogP) is 1.12. The SMILES string of the molecule is CC1CCC(CN)(N(C)CCS(C)(=O)=O)C(C)C1. The fourth-order valence-electron chi connectivity index (χ4n) is 3.24. The van der Waals surface area contributed by atoms with Crippen LogP contribution in [0.15, 0.2) is 0 Å². The van der Waals surface area contributed by atoms with Gasteiger partial charge in [0.15, 0.2) is 0 Å². The van der Waals surface area contributed by atoms with Crippen molar-refractivity contribution in [1.29, 1.82) is 0 Å². The fraction of sp³-hybridized carbons (Fsp3) is 1.00. The van der Waals surface area contributed by atoms with Gasteiger partial charge in [-0.05, 0) is 38.1 Å². The molecular formula is C13H28N2O2S. The molecule has 1 rings (SSSR count). The molecule has 0 aromatic carbocycles. The Hall–Kier alpha value is -0.130. The molecular weight excluding hydrogens is 248 g/mol. The minimum Gasteiger partial charge on any atom is -0.329 e. The first kappa shape index (κ1) is 15.9. The molecule has 0 bridgehead atoms. The molecule has 3 unspecified atom stereocenters. The zero-order chi connectivity index (χ0) is 14.0. The van der Waals surface area contributed by atoms with Crippen LogP contribution in [0.3, 0.4) is 0 Å². The summed E-state index contributed by atoms with van der Waals surface area (Å²) >= 11 is 0. The molecule has 0 aromatic rings. The number of likely N-dealkylation sites (N-methyl/N-ethyl adjacent to an activating group) is 1. The van der Waals surface area contributed by atoms with E-state index in [1.807, 2.05) is 7.05 Å². The molecule has 5 heteroatoms. The highest BCUT2D eigenvalue weighted by molar-refractivity contribution is 7.90. The van der Waals surface area contributed by atoms with Gasteiger partial charge in [0.05, 0.1) is 5.75 Å². The van der Waals surface area contributed by atoms with E-state index in [0.717, 1.165) is 12.3 Å². The van der Waals surface area contributed by atoms with Crippen molar-refractivity contribution in [1.82, 2.24) is 4.90 Å². The van der Waals surface area contributed by atoms with E-state index in [4.69, 9.17) is 5.73 Å². The standard InChI is InChI=1S/C13H28N2O2S/c1-11-5-6-13(10-14,12(2)9-11)15(3)7-8-18(4,16)17/h11-12H,5-10,14H2,1-4H3. The van der Waals surface area contributed by atoms with Crippen molar-refractivity contribution in [3.05, 3.63) is 0 Å². The van der Waals surface area contributed by atoms with Gasteiger partial charge in [0, 0.05) is 24.9 Å². The summed E-state index contributed by atoms with van der Waals surface area (Å²) in [6, 6.07) is 0. The van der Waals surface area contributed by atoms with Crippen LogP contribution in [-0.4, -0.2) is 51.0 Å². The summed E-state index contributed by atoms with van der Waals surface area (Å²) in [5, 5.41) is 0. The van der Waals surface area contributed by atoms with Crippen LogP contribution in [-0.2, 0) is 9.84 Å². The largest absolute Gasteiger partial charge is 0.329 e. The summed E-state index contributed by atoms with van der Waals surface area (Å²) in [4.78, 5) is 2.19. The lowest BCUT2D eigenvalue weighted by atomic mass is 9.69. The molecule has 2 N–H and O–H groups in total. The van der Waals surface area contributed by atoms with Gasteiger partial charge in [-0.15, -0.1) is 0 Å². The maximum Gasteiger partial charge on any atom is 0.148 e. The normalized spacial score (nSPS) is 33.9. The van der Waals surface area contributed by atoms with Crippen molar-refractivity contribution in [2.24, 2.45) is 17.6 Å². The Labute approximate surface area is 112 Å². The molecule has 0 amide bonds. The van der Waals surface area contributed by atoms with Crippen molar-refractivity contribution in [3.63, 3.8) is 0 Å². The molecule has 0 aliphatic heterocycles. The minimum atomic E-state index is -2.90. The van der Waals surface area contributed by atoms with Crippen molar-refractivity contribution in [2.75, 3.05) is 32.1 Å². The van der Waals surface area contributed by atoms with E-state index in [0.29, 0.717) is 19.0 Å². The molecule has 1 fully saturated rings. The molecule has 4 nitrogen and oxygen atoms in total.